The highest BCUT2D eigenvalue weighted by molar-refractivity contribution is 5.95. The molecule has 0 bridgehead atoms. The number of aliphatic hydroxyl groups is 1. The zero-order valence-corrected chi connectivity index (χ0v) is 11.6. The Hall–Kier alpha value is -1.92. The van der Waals surface area contributed by atoms with Crippen LogP contribution in [0.4, 0.5) is 5.69 Å². The maximum atomic E-state index is 11.6. The highest BCUT2D eigenvalue weighted by Crippen LogP contribution is 2.10. The molecule has 1 aromatic carbocycles. The van der Waals surface area contributed by atoms with Gasteiger partial charge in [-0.2, -0.15) is 0 Å². The number of anilines is 1. The fourth-order valence-corrected chi connectivity index (χ4v) is 1.57. The Bertz CT molecular complexity index is 445. The lowest BCUT2D eigenvalue weighted by Gasteiger charge is -2.10. The van der Waals surface area contributed by atoms with Crippen LogP contribution in [0.2, 0.25) is 0 Å². The van der Waals surface area contributed by atoms with Crippen molar-refractivity contribution in [2.45, 2.75) is 25.8 Å². The molecule has 5 N–H and O–H groups in total. The molecule has 6 nitrogen and oxygen atoms in total. The molecule has 20 heavy (non-hydrogen) atoms. The third-order valence-electron chi connectivity index (χ3n) is 2.80. The molecule has 6 heteroatoms. The van der Waals surface area contributed by atoms with Gasteiger partial charge in [0.05, 0.1) is 6.61 Å². The smallest absolute Gasteiger partial charge is 0.251 e. The molecule has 1 aromatic rings. The normalized spacial score (nSPS) is 11.8. The lowest BCUT2D eigenvalue weighted by molar-refractivity contribution is -0.116. The number of carbonyl (C=O) groups excluding carboxylic acids is 2. The first-order valence-electron chi connectivity index (χ1n) is 6.61. The number of rotatable bonds is 7. The van der Waals surface area contributed by atoms with Crippen molar-refractivity contribution in [2.75, 3.05) is 18.5 Å². The first-order chi connectivity index (χ1) is 9.56. The molecule has 1 unspecified atom stereocenters. The summed E-state index contributed by atoms with van der Waals surface area (Å²) in [5.41, 5.74) is 6.80. The number of carbonyl (C=O) groups is 2. The van der Waals surface area contributed by atoms with Crippen molar-refractivity contribution in [1.82, 2.24) is 5.32 Å². The van der Waals surface area contributed by atoms with E-state index in [1.165, 1.54) is 0 Å². The molecule has 0 aromatic heterocycles. The molecule has 0 aliphatic heterocycles. The number of hydrogen-bond acceptors (Lipinski definition) is 4. The highest BCUT2D eigenvalue weighted by atomic mass is 16.3. The number of aliphatic hydroxyl groups excluding tert-OH is 1. The predicted octanol–water partition coefficient (Wildman–Crippen LogP) is 0.475. The fraction of sp³-hybridized carbons (Fsp3) is 0.429. The van der Waals surface area contributed by atoms with E-state index in [4.69, 9.17) is 10.8 Å². The Labute approximate surface area is 118 Å². The molecule has 0 saturated carbocycles. The lowest BCUT2D eigenvalue weighted by atomic mass is 10.1. The second kappa shape index (κ2) is 8.29. The summed E-state index contributed by atoms with van der Waals surface area (Å²) in [7, 11) is 0. The summed E-state index contributed by atoms with van der Waals surface area (Å²) in [4.78, 5) is 23.2. The minimum absolute atomic E-state index is 0.0996. The Kier molecular flexibility index (Phi) is 6.69. The number of hydrogen-bond donors (Lipinski definition) is 4. The summed E-state index contributed by atoms with van der Waals surface area (Å²) in [5.74, 6) is -0.401. The van der Waals surface area contributed by atoms with Crippen LogP contribution in [0, 0.1) is 0 Å². The second-order valence-electron chi connectivity index (χ2n) is 4.48. The average molecular weight is 279 g/mol. The SMILES string of the molecule is CCC(N)CC(=O)Nc1ccc(C(=O)NCCO)cc1. The summed E-state index contributed by atoms with van der Waals surface area (Å²) in [6.07, 6.45) is 1.02. The quantitative estimate of drug-likeness (QED) is 0.582. The second-order valence-corrected chi connectivity index (χ2v) is 4.48. The fourth-order valence-electron chi connectivity index (χ4n) is 1.57. The minimum atomic E-state index is -0.259. The van der Waals surface area contributed by atoms with Gasteiger partial charge in [-0.15, -0.1) is 0 Å². The van der Waals surface area contributed by atoms with Gasteiger partial charge in [0.25, 0.3) is 5.91 Å². The number of amides is 2. The highest BCUT2D eigenvalue weighted by Gasteiger charge is 2.09. The van der Waals surface area contributed by atoms with Crippen LogP contribution < -0.4 is 16.4 Å². The minimum Gasteiger partial charge on any atom is -0.395 e. The third-order valence-corrected chi connectivity index (χ3v) is 2.80. The average Bonchev–Trinajstić information content (AvgIpc) is 2.45. The molecular weight excluding hydrogens is 258 g/mol. The zero-order valence-electron chi connectivity index (χ0n) is 11.6. The van der Waals surface area contributed by atoms with Crippen LogP contribution in [0.25, 0.3) is 0 Å². The molecule has 2 amide bonds. The Morgan fingerprint density at radius 1 is 1.30 bits per heavy atom. The van der Waals surface area contributed by atoms with E-state index in [9.17, 15) is 9.59 Å². The summed E-state index contributed by atoms with van der Waals surface area (Å²) in [6, 6.07) is 6.40. The van der Waals surface area contributed by atoms with E-state index in [2.05, 4.69) is 10.6 Å². The molecular formula is C14H21N3O3. The summed E-state index contributed by atoms with van der Waals surface area (Å²) in [6.45, 7) is 2.04. The third kappa shape index (κ3) is 5.38. The van der Waals surface area contributed by atoms with E-state index in [1.54, 1.807) is 24.3 Å². The standard InChI is InChI=1S/C14H21N3O3/c1-2-11(15)9-13(19)17-12-5-3-10(4-6-12)14(20)16-7-8-18/h3-6,11,18H,2,7-9,15H2,1H3,(H,16,20)(H,17,19). The molecule has 0 aliphatic rings. The monoisotopic (exact) mass is 279 g/mol. The molecule has 1 rings (SSSR count). The van der Waals surface area contributed by atoms with Gasteiger partial charge in [0, 0.05) is 30.3 Å². The van der Waals surface area contributed by atoms with Gasteiger partial charge in [0.2, 0.25) is 5.91 Å². The summed E-state index contributed by atoms with van der Waals surface area (Å²) >= 11 is 0. The molecule has 0 aliphatic carbocycles. The topological polar surface area (TPSA) is 104 Å². The van der Waals surface area contributed by atoms with Crippen molar-refractivity contribution in [3.05, 3.63) is 29.8 Å². The van der Waals surface area contributed by atoms with Gasteiger partial charge in [-0.3, -0.25) is 9.59 Å². The van der Waals surface area contributed by atoms with Crippen molar-refractivity contribution in [3.8, 4) is 0 Å². The molecule has 1 atom stereocenters. The summed E-state index contributed by atoms with van der Waals surface area (Å²) in [5, 5.41) is 13.9. The Morgan fingerprint density at radius 2 is 1.95 bits per heavy atom. The molecule has 0 spiro atoms. The largest absolute Gasteiger partial charge is 0.395 e. The Morgan fingerprint density at radius 3 is 2.50 bits per heavy atom. The molecule has 0 fully saturated rings. The van der Waals surface area contributed by atoms with Gasteiger partial charge < -0.3 is 21.5 Å². The van der Waals surface area contributed by atoms with Gasteiger partial charge in [0.1, 0.15) is 0 Å². The van der Waals surface area contributed by atoms with Crippen molar-refractivity contribution < 1.29 is 14.7 Å². The van der Waals surface area contributed by atoms with Crippen LogP contribution in [0.15, 0.2) is 24.3 Å². The van der Waals surface area contributed by atoms with Crippen molar-refractivity contribution in [2.24, 2.45) is 5.73 Å². The first kappa shape index (κ1) is 16.1. The zero-order chi connectivity index (χ0) is 15.0. The Balaban J connectivity index is 2.54. The van der Waals surface area contributed by atoms with E-state index < -0.39 is 0 Å². The number of nitrogens with one attached hydrogen (secondary N) is 2. The van der Waals surface area contributed by atoms with Crippen molar-refractivity contribution in [3.63, 3.8) is 0 Å². The van der Waals surface area contributed by atoms with E-state index in [0.29, 0.717) is 11.3 Å². The van der Waals surface area contributed by atoms with Crippen LogP contribution in [0.5, 0.6) is 0 Å². The van der Waals surface area contributed by atoms with E-state index >= 15 is 0 Å². The van der Waals surface area contributed by atoms with Gasteiger partial charge in [-0.1, -0.05) is 6.92 Å². The molecule has 0 saturated heterocycles. The first-order valence-corrected chi connectivity index (χ1v) is 6.61. The molecule has 110 valence electrons. The number of benzene rings is 1. The van der Waals surface area contributed by atoms with Gasteiger partial charge in [0.15, 0.2) is 0 Å². The van der Waals surface area contributed by atoms with Gasteiger partial charge in [-0.25, -0.2) is 0 Å². The maximum absolute atomic E-state index is 11.6. The van der Waals surface area contributed by atoms with E-state index in [0.717, 1.165) is 6.42 Å². The van der Waals surface area contributed by atoms with Crippen LogP contribution >= 0.6 is 0 Å². The van der Waals surface area contributed by atoms with Crippen LogP contribution in [0.3, 0.4) is 0 Å². The van der Waals surface area contributed by atoms with Crippen LogP contribution in [0.1, 0.15) is 30.1 Å². The molecule has 0 radical (unpaired) electrons. The van der Waals surface area contributed by atoms with Gasteiger partial charge in [-0.05, 0) is 30.7 Å². The summed E-state index contributed by atoms with van der Waals surface area (Å²) < 4.78 is 0. The number of nitrogens with two attached hydrogens (primary N) is 1. The van der Waals surface area contributed by atoms with Crippen LogP contribution in [-0.4, -0.2) is 36.1 Å². The van der Waals surface area contributed by atoms with Gasteiger partial charge >= 0.3 is 0 Å². The maximum Gasteiger partial charge on any atom is 0.251 e. The molecule has 0 heterocycles. The van der Waals surface area contributed by atoms with Crippen molar-refractivity contribution in [1.29, 1.82) is 0 Å². The predicted molar refractivity (Wildman–Crippen MR) is 77.4 cm³/mol. The van der Waals surface area contributed by atoms with E-state index in [-0.39, 0.29) is 37.4 Å². The van der Waals surface area contributed by atoms with Crippen LogP contribution in [-0.2, 0) is 4.79 Å². The lowest BCUT2D eigenvalue weighted by Crippen LogP contribution is -2.27. The van der Waals surface area contributed by atoms with E-state index in [1.807, 2.05) is 6.92 Å². The van der Waals surface area contributed by atoms with Crippen molar-refractivity contribution >= 4 is 17.5 Å².